The third kappa shape index (κ3) is 4.43. The molecule has 134 valence electrons. The molecule has 2 heterocycles. The third-order valence-electron chi connectivity index (χ3n) is 4.30. The van der Waals surface area contributed by atoms with Crippen LogP contribution in [0.15, 0.2) is 35.3 Å². The fourth-order valence-corrected chi connectivity index (χ4v) is 3.21. The number of rotatable bonds is 6. The van der Waals surface area contributed by atoms with Crippen molar-refractivity contribution in [3.8, 4) is 5.75 Å². The molecule has 1 aliphatic rings. The Morgan fingerprint density at radius 3 is 2.84 bits per heavy atom. The summed E-state index contributed by atoms with van der Waals surface area (Å²) in [5.74, 6) is 0.845. The van der Waals surface area contributed by atoms with Crippen LogP contribution in [0.2, 0.25) is 5.02 Å². The van der Waals surface area contributed by atoms with Gasteiger partial charge >= 0.3 is 0 Å². The highest BCUT2D eigenvalue weighted by Gasteiger charge is 2.21. The van der Waals surface area contributed by atoms with Gasteiger partial charge in [-0.15, -0.1) is 0 Å². The van der Waals surface area contributed by atoms with Crippen LogP contribution in [0.3, 0.4) is 0 Å². The lowest BCUT2D eigenvalue weighted by Gasteiger charge is -2.35. The number of methoxy groups -OCH3 is 1. The van der Waals surface area contributed by atoms with E-state index in [9.17, 15) is 4.79 Å². The molecular formula is C17H22ClN5O2. The largest absolute Gasteiger partial charge is 0.497 e. The van der Waals surface area contributed by atoms with E-state index in [1.165, 1.54) is 6.20 Å². The number of aromatic nitrogens is 2. The summed E-state index contributed by atoms with van der Waals surface area (Å²) in [6.07, 6.45) is 1.47. The Hall–Kier alpha value is -2.25. The Balaban J connectivity index is 1.47. The summed E-state index contributed by atoms with van der Waals surface area (Å²) in [6, 6.07) is 7.90. The van der Waals surface area contributed by atoms with Crippen LogP contribution in [0, 0.1) is 0 Å². The summed E-state index contributed by atoms with van der Waals surface area (Å²) in [6.45, 7) is 5.10. The molecule has 0 spiro atoms. The number of piperazine rings is 1. The van der Waals surface area contributed by atoms with Gasteiger partial charge in [-0.25, -0.2) is 5.10 Å². The predicted molar refractivity (Wildman–Crippen MR) is 100 cm³/mol. The van der Waals surface area contributed by atoms with Gasteiger partial charge in [0, 0.05) is 51.0 Å². The lowest BCUT2D eigenvalue weighted by atomic mass is 10.2. The van der Waals surface area contributed by atoms with E-state index in [2.05, 4.69) is 20.4 Å². The zero-order valence-electron chi connectivity index (χ0n) is 14.2. The summed E-state index contributed by atoms with van der Waals surface area (Å²) in [4.78, 5) is 16.3. The van der Waals surface area contributed by atoms with Gasteiger partial charge in [-0.3, -0.25) is 9.69 Å². The van der Waals surface area contributed by atoms with Crippen molar-refractivity contribution in [3.05, 3.63) is 45.8 Å². The van der Waals surface area contributed by atoms with Crippen molar-refractivity contribution in [2.24, 2.45) is 0 Å². The van der Waals surface area contributed by atoms with Gasteiger partial charge in [-0.2, -0.15) is 5.10 Å². The molecular weight excluding hydrogens is 342 g/mol. The molecule has 3 rings (SSSR count). The minimum atomic E-state index is -0.236. The van der Waals surface area contributed by atoms with Crippen molar-refractivity contribution in [1.82, 2.24) is 15.1 Å². The van der Waals surface area contributed by atoms with E-state index in [1.807, 2.05) is 29.2 Å². The van der Waals surface area contributed by atoms with E-state index in [4.69, 9.17) is 16.3 Å². The maximum Gasteiger partial charge on any atom is 0.289 e. The zero-order chi connectivity index (χ0) is 17.6. The number of ether oxygens (including phenoxy) is 1. The first-order valence-electron chi connectivity index (χ1n) is 8.26. The molecule has 0 aliphatic carbocycles. The SMILES string of the molecule is COc1cccc(NCCN2CCN(c3c(Cl)cn[nH]c3=O)CC2)c1. The molecule has 1 fully saturated rings. The highest BCUT2D eigenvalue weighted by Crippen LogP contribution is 2.21. The molecule has 0 radical (unpaired) electrons. The van der Waals surface area contributed by atoms with Gasteiger partial charge in [0.2, 0.25) is 0 Å². The number of halogens is 1. The Kier molecular flexibility index (Phi) is 5.78. The normalized spacial score (nSPS) is 15.2. The highest BCUT2D eigenvalue weighted by atomic mass is 35.5. The lowest BCUT2D eigenvalue weighted by Crippen LogP contribution is -2.49. The summed E-state index contributed by atoms with van der Waals surface area (Å²) in [5.41, 5.74) is 1.33. The first kappa shape index (κ1) is 17.6. The maximum absolute atomic E-state index is 11.9. The minimum Gasteiger partial charge on any atom is -0.497 e. The van der Waals surface area contributed by atoms with Crippen LogP contribution in [0.25, 0.3) is 0 Å². The van der Waals surface area contributed by atoms with Crippen molar-refractivity contribution in [2.75, 3.05) is 56.6 Å². The van der Waals surface area contributed by atoms with Gasteiger partial charge in [0.15, 0.2) is 0 Å². The minimum absolute atomic E-state index is 0.236. The lowest BCUT2D eigenvalue weighted by molar-refractivity contribution is 0.267. The third-order valence-corrected chi connectivity index (χ3v) is 4.58. The topological polar surface area (TPSA) is 73.5 Å². The number of nitrogens with one attached hydrogen (secondary N) is 2. The smallest absolute Gasteiger partial charge is 0.289 e. The van der Waals surface area contributed by atoms with Crippen molar-refractivity contribution in [3.63, 3.8) is 0 Å². The Morgan fingerprint density at radius 2 is 2.12 bits per heavy atom. The number of benzene rings is 1. The summed E-state index contributed by atoms with van der Waals surface area (Å²) < 4.78 is 5.23. The number of hydrogen-bond donors (Lipinski definition) is 2. The molecule has 2 N–H and O–H groups in total. The molecule has 7 nitrogen and oxygen atoms in total. The highest BCUT2D eigenvalue weighted by molar-refractivity contribution is 6.33. The van der Waals surface area contributed by atoms with Gasteiger partial charge < -0.3 is 15.0 Å². The van der Waals surface area contributed by atoms with E-state index in [0.29, 0.717) is 10.7 Å². The molecule has 0 atom stereocenters. The van der Waals surface area contributed by atoms with Crippen LogP contribution < -0.4 is 20.5 Å². The van der Waals surface area contributed by atoms with Gasteiger partial charge in [0.25, 0.3) is 5.56 Å². The summed E-state index contributed by atoms with van der Waals surface area (Å²) >= 11 is 6.12. The summed E-state index contributed by atoms with van der Waals surface area (Å²) in [5, 5.41) is 9.97. The van der Waals surface area contributed by atoms with Crippen LogP contribution in [0.1, 0.15) is 0 Å². The first-order chi connectivity index (χ1) is 12.2. The number of H-pyrrole nitrogens is 1. The Labute approximate surface area is 151 Å². The van der Waals surface area contributed by atoms with E-state index >= 15 is 0 Å². The zero-order valence-corrected chi connectivity index (χ0v) is 14.9. The molecule has 1 aliphatic heterocycles. The molecule has 0 amide bonds. The molecule has 1 aromatic heterocycles. The predicted octanol–water partition coefficient (Wildman–Crippen LogP) is 1.67. The summed E-state index contributed by atoms with van der Waals surface area (Å²) in [7, 11) is 1.67. The van der Waals surface area contributed by atoms with Crippen LogP contribution in [0.5, 0.6) is 5.75 Å². The Morgan fingerprint density at radius 1 is 1.32 bits per heavy atom. The van der Waals surface area contributed by atoms with Crippen molar-refractivity contribution < 1.29 is 4.74 Å². The monoisotopic (exact) mass is 363 g/mol. The van der Waals surface area contributed by atoms with Crippen LogP contribution in [0.4, 0.5) is 11.4 Å². The molecule has 1 aromatic carbocycles. The molecule has 25 heavy (non-hydrogen) atoms. The average Bonchev–Trinajstić information content (AvgIpc) is 2.63. The fraction of sp³-hybridized carbons (Fsp3) is 0.412. The van der Waals surface area contributed by atoms with E-state index < -0.39 is 0 Å². The number of nitrogens with zero attached hydrogens (tertiary/aromatic N) is 3. The van der Waals surface area contributed by atoms with Gasteiger partial charge in [0.1, 0.15) is 11.4 Å². The molecule has 1 saturated heterocycles. The van der Waals surface area contributed by atoms with E-state index in [0.717, 1.165) is 50.7 Å². The number of hydrogen-bond acceptors (Lipinski definition) is 6. The average molecular weight is 364 g/mol. The van der Waals surface area contributed by atoms with Gasteiger partial charge in [-0.05, 0) is 12.1 Å². The molecule has 2 aromatic rings. The Bertz CT molecular complexity index is 759. The molecule has 0 unspecified atom stereocenters. The van der Waals surface area contributed by atoms with Gasteiger partial charge in [-0.1, -0.05) is 17.7 Å². The molecule has 0 bridgehead atoms. The maximum atomic E-state index is 11.9. The standard InChI is InChI=1S/C17H22ClN5O2/c1-25-14-4-2-3-13(11-14)19-5-6-22-7-9-23(10-8-22)16-15(18)12-20-21-17(16)24/h2-4,11-12,19H,5-10H2,1H3,(H,21,24). The van der Waals surface area contributed by atoms with Crippen molar-refractivity contribution >= 4 is 23.0 Å². The second kappa shape index (κ2) is 8.22. The van der Waals surface area contributed by atoms with E-state index in [-0.39, 0.29) is 5.56 Å². The van der Waals surface area contributed by atoms with Crippen LogP contribution >= 0.6 is 11.6 Å². The van der Waals surface area contributed by atoms with Crippen LogP contribution in [-0.2, 0) is 0 Å². The number of aromatic amines is 1. The van der Waals surface area contributed by atoms with Crippen molar-refractivity contribution in [2.45, 2.75) is 0 Å². The quantitative estimate of drug-likeness (QED) is 0.813. The molecule has 8 heteroatoms. The fourth-order valence-electron chi connectivity index (χ4n) is 2.95. The second-order valence-corrected chi connectivity index (χ2v) is 6.29. The van der Waals surface area contributed by atoms with Crippen LogP contribution in [-0.4, -0.2) is 61.5 Å². The van der Waals surface area contributed by atoms with E-state index in [1.54, 1.807) is 7.11 Å². The van der Waals surface area contributed by atoms with Crippen molar-refractivity contribution in [1.29, 1.82) is 0 Å². The first-order valence-corrected chi connectivity index (χ1v) is 8.63. The van der Waals surface area contributed by atoms with Gasteiger partial charge in [0.05, 0.1) is 18.3 Å². The second-order valence-electron chi connectivity index (χ2n) is 5.88. The molecule has 0 saturated carbocycles. The number of anilines is 2.